The third kappa shape index (κ3) is 4.64. The molecule has 12 heteroatoms. The molecule has 34 heavy (non-hydrogen) atoms. The van der Waals surface area contributed by atoms with E-state index in [4.69, 9.17) is 4.74 Å². The van der Waals surface area contributed by atoms with Crippen LogP contribution in [0.5, 0.6) is 0 Å². The minimum Gasteiger partial charge on any atom is -0.380 e. The summed E-state index contributed by atoms with van der Waals surface area (Å²) >= 11 is 0. The molecule has 182 valence electrons. The fourth-order valence-electron chi connectivity index (χ4n) is 4.50. The van der Waals surface area contributed by atoms with Crippen molar-refractivity contribution in [1.29, 1.82) is 0 Å². The lowest BCUT2D eigenvalue weighted by Crippen LogP contribution is -2.52. The number of aromatic nitrogens is 3. The highest BCUT2D eigenvalue weighted by Gasteiger charge is 2.37. The van der Waals surface area contributed by atoms with E-state index in [1.165, 1.54) is 11.0 Å². The van der Waals surface area contributed by atoms with Crippen LogP contribution in [-0.2, 0) is 4.74 Å². The van der Waals surface area contributed by atoms with Crippen molar-refractivity contribution in [3.8, 4) is 5.69 Å². The molecule has 1 aromatic heterocycles. The summed E-state index contributed by atoms with van der Waals surface area (Å²) < 4.78 is 74.4. The van der Waals surface area contributed by atoms with E-state index < -0.39 is 23.4 Å². The molecule has 2 saturated heterocycles. The van der Waals surface area contributed by atoms with E-state index in [2.05, 4.69) is 15.0 Å². The van der Waals surface area contributed by atoms with E-state index in [1.807, 2.05) is 4.90 Å². The number of hydrogen-bond donors (Lipinski definition) is 0. The number of anilines is 1. The van der Waals surface area contributed by atoms with Crippen LogP contribution >= 0.6 is 0 Å². The van der Waals surface area contributed by atoms with Gasteiger partial charge in [0.2, 0.25) is 0 Å². The molecule has 0 aliphatic carbocycles. The van der Waals surface area contributed by atoms with Gasteiger partial charge in [0.1, 0.15) is 23.8 Å². The molecule has 0 saturated carbocycles. The average Bonchev–Trinajstić information content (AvgIpc) is 3.50. The minimum absolute atomic E-state index is 0.0844. The van der Waals surface area contributed by atoms with Gasteiger partial charge < -0.3 is 9.64 Å². The molecule has 0 N–H and O–H groups in total. The highest BCUT2D eigenvalue weighted by molar-refractivity contribution is 5.48. The van der Waals surface area contributed by atoms with Crippen molar-refractivity contribution in [3.63, 3.8) is 0 Å². The van der Waals surface area contributed by atoms with E-state index in [-0.39, 0.29) is 18.2 Å². The second kappa shape index (κ2) is 8.99. The average molecular weight is 482 g/mol. The molecule has 0 amide bonds. The number of alkyl halides is 3. The number of benzene rings is 1. The van der Waals surface area contributed by atoms with Crippen molar-refractivity contribution in [2.75, 3.05) is 50.8 Å². The van der Waals surface area contributed by atoms with Gasteiger partial charge in [-0.2, -0.15) is 18.2 Å². The lowest BCUT2D eigenvalue weighted by atomic mass is 10.1. The van der Waals surface area contributed by atoms with Gasteiger partial charge in [-0.3, -0.25) is 9.80 Å². The fraction of sp³-hybridized carbons (Fsp3) is 0.455. The molecule has 1 aromatic carbocycles. The van der Waals surface area contributed by atoms with Crippen molar-refractivity contribution in [3.05, 3.63) is 59.7 Å². The van der Waals surface area contributed by atoms with Gasteiger partial charge in [-0.1, -0.05) is 6.08 Å². The number of ether oxygens (including phenoxy) is 1. The van der Waals surface area contributed by atoms with Gasteiger partial charge in [0.15, 0.2) is 0 Å². The molecule has 0 radical (unpaired) electrons. The number of halogens is 5. The van der Waals surface area contributed by atoms with Crippen molar-refractivity contribution in [2.24, 2.45) is 0 Å². The second-order valence-corrected chi connectivity index (χ2v) is 8.43. The Bertz CT molecular complexity index is 1080. The summed E-state index contributed by atoms with van der Waals surface area (Å²) in [5, 5.41) is 4.29. The van der Waals surface area contributed by atoms with Crippen LogP contribution in [0, 0.1) is 11.6 Å². The predicted molar refractivity (Wildman–Crippen MR) is 113 cm³/mol. The zero-order valence-corrected chi connectivity index (χ0v) is 18.2. The number of piperazine rings is 1. The first-order valence-electron chi connectivity index (χ1n) is 11.0. The Kier molecular flexibility index (Phi) is 6.02. The van der Waals surface area contributed by atoms with Crippen LogP contribution in [0.4, 0.5) is 27.9 Å². The molecule has 4 heterocycles. The zero-order chi connectivity index (χ0) is 23.9. The maximum absolute atomic E-state index is 13.6. The van der Waals surface area contributed by atoms with Gasteiger partial charge in [0.25, 0.3) is 5.95 Å². The molecule has 2 aromatic rings. The fourth-order valence-corrected chi connectivity index (χ4v) is 4.50. The van der Waals surface area contributed by atoms with Gasteiger partial charge in [0, 0.05) is 51.4 Å². The van der Waals surface area contributed by atoms with Crippen LogP contribution in [-0.4, -0.2) is 82.7 Å². The monoisotopic (exact) mass is 482 g/mol. The maximum Gasteiger partial charge on any atom is 0.416 e. The Morgan fingerprint density at radius 2 is 1.74 bits per heavy atom. The van der Waals surface area contributed by atoms with Gasteiger partial charge in [-0.25, -0.2) is 13.5 Å². The quantitative estimate of drug-likeness (QED) is 0.625. The highest BCUT2D eigenvalue weighted by Crippen LogP contribution is 2.33. The molecule has 5 rings (SSSR count). The van der Waals surface area contributed by atoms with Gasteiger partial charge in [-0.15, -0.1) is 5.10 Å². The first-order chi connectivity index (χ1) is 16.3. The molecule has 7 nitrogen and oxygen atoms in total. The molecular weight excluding hydrogens is 459 g/mol. The molecule has 1 atom stereocenters. The predicted octanol–water partition coefficient (Wildman–Crippen LogP) is 3.10. The zero-order valence-electron chi connectivity index (χ0n) is 18.2. The molecule has 0 spiro atoms. The Labute approximate surface area is 192 Å². The third-order valence-electron chi connectivity index (χ3n) is 6.28. The Morgan fingerprint density at radius 3 is 2.38 bits per heavy atom. The van der Waals surface area contributed by atoms with Crippen molar-refractivity contribution in [2.45, 2.75) is 18.6 Å². The lowest BCUT2D eigenvalue weighted by Gasteiger charge is -2.42. The maximum atomic E-state index is 13.6. The van der Waals surface area contributed by atoms with E-state index >= 15 is 0 Å². The van der Waals surface area contributed by atoms with E-state index in [0.29, 0.717) is 44.6 Å². The number of hydrogen-bond acceptors (Lipinski definition) is 6. The molecular formula is C22H23F5N6O. The summed E-state index contributed by atoms with van der Waals surface area (Å²) in [7, 11) is 0. The number of nitrogens with zero attached hydrogens (tertiary/aromatic N) is 6. The lowest BCUT2D eigenvalue weighted by molar-refractivity contribution is -0.0888. The summed E-state index contributed by atoms with van der Waals surface area (Å²) in [6.07, 6.45) is -0.0508. The Balaban J connectivity index is 1.40. The summed E-state index contributed by atoms with van der Waals surface area (Å²) in [6.45, 7) is 3.81. The summed E-state index contributed by atoms with van der Waals surface area (Å²) in [5.74, 6) is -1.05. The standard InChI is InChI=1S/C22H23F5N6O/c23-16-10-17(24)12-19(11-16)33-14-28-21(29-33)32-3-1-15(22(25,26)27)9-20(32)31-6-4-30(5-7-31)18-2-8-34-13-18/h1,9-12,14,18H,2-8,13H2. The van der Waals surface area contributed by atoms with E-state index in [9.17, 15) is 22.0 Å². The van der Waals surface area contributed by atoms with E-state index in [1.54, 1.807) is 4.90 Å². The Morgan fingerprint density at radius 1 is 1.00 bits per heavy atom. The highest BCUT2D eigenvalue weighted by atomic mass is 19.4. The van der Waals surface area contributed by atoms with E-state index in [0.717, 1.165) is 43.4 Å². The first-order valence-corrected chi connectivity index (χ1v) is 11.0. The van der Waals surface area contributed by atoms with Crippen LogP contribution in [0.15, 0.2) is 48.1 Å². The SMILES string of the molecule is Fc1cc(F)cc(-n2cnc(N3CC=C(C(F)(F)F)C=C3N3CCN(C4CCOC4)CC3)n2)c1. The van der Waals surface area contributed by atoms with Crippen LogP contribution in [0.25, 0.3) is 5.69 Å². The van der Waals surface area contributed by atoms with Crippen molar-refractivity contribution in [1.82, 2.24) is 24.6 Å². The number of rotatable bonds is 4. The van der Waals surface area contributed by atoms with Gasteiger partial charge in [-0.05, 0) is 24.6 Å². The molecule has 0 bridgehead atoms. The summed E-state index contributed by atoms with van der Waals surface area (Å²) in [4.78, 5) is 10.00. The number of allylic oxidation sites excluding steroid dienone is 2. The second-order valence-electron chi connectivity index (χ2n) is 8.43. The molecule has 2 fully saturated rings. The molecule has 1 unspecified atom stereocenters. The van der Waals surface area contributed by atoms with Crippen molar-refractivity contribution < 1.29 is 26.7 Å². The largest absolute Gasteiger partial charge is 0.416 e. The van der Waals surface area contributed by atoms with Crippen LogP contribution in [0.3, 0.4) is 0 Å². The molecule has 3 aliphatic rings. The van der Waals surface area contributed by atoms with Crippen molar-refractivity contribution >= 4 is 5.95 Å². The minimum atomic E-state index is -4.48. The Hall–Kier alpha value is -2.99. The first kappa shape index (κ1) is 22.8. The molecule has 3 aliphatic heterocycles. The normalized spacial score (nSPS) is 22.2. The van der Waals surface area contributed by atoms with Crippen LogP contribution in [0.1, 0.15) is 6.42 Å². The summed E-state index contributed by atoms with van der Waals surface area (Å²) in [5.41, 5.74) is -0.602. The van der Waals surface area contributed by atoms with Gasteiger partial charge in [0.05, 0.1) is 17.9 Å². The topological polar surface area (TPSA) is 49.7 Å². The van der Waals surface area contributed by atoms with Gasteiger partial charge >= 0.3 is 6.18 Å². The van der Waals surface area contributed by atoms with Crippen LogP contribution < -0.4 is 4.90 Å². The third-order valence-corrected chi connectivity index (χ3v) is 6.28. The smallest absolute Gasteiger partial charge is 0.380 e. The van der Waals surface area contributed by atoms with Crippen LogP contribution in [0.2, 0.25) is 0 Å². The summed E-state index contributed by atoms with van der Waals surface area (Å²) in [6, 6.07) is 3.28.